The average Bonchev–Trinajstić information content (AvgIpc) is 3.32. The summed E-state index contributed by atoms with van der Waals surface area (Å²) < 4.78 is 17.7. The molecule has 4 rings (SSSR count). The van der Waals surface area contributed by atoms with Crippen molar-refractivity contribution in [2.75, 3.05) is 20.8 Å². The molecule has 1 aliphatic heterocycles. The van der Waals surface area contributed by atoms with Crippen LogP contribution in [0.3, 0.4) is 0 Å². The minimum Gasteiger partial charge on any atom is -0.497 e. The lowest BCUT2D eigenvalue weighted by Gasteiger charge is -2.40. The van der Waals surface area contributed by atoms with Crippen LogP contribution in [0.15, 0.2) is 35.8 Å². The first kappa shape index (κ1) is 22.2. The van der Waals surface area contributed by atoms with E-state index in [2.05, 4.69) is 19.9 Å². The maximum Gasteiger partial charge on any atom is 0.177 e. The Kier molecular flexibility index (Phi) is 6.39. The van der Waals surface area contributed by atoms with Crippen LogP contribution >= 0.6 is 0 Å². The molecule has 0 aliphatic carbocycles. The summed E-state index contributed by atoms with van der Waals surface area (Å²) >= 11 is 0. The van der Waals surface area contributed by atoms with Gasteiger partial charge in [0.2, 0.25) is 0 Å². The Morgan fingerprint density at radius 3 is 2.66 bits per heavy atom. The Morgan fingerprint density at radius 1 is 1.12 bits per heavy atom. The molecule has 0 bridgehead atoms. The number of H-pyrrole nitrogens is 1. The predicted octanol–water partition coefficient (Wildman–Crippen LogP) is -1.15. The van der Waals surface area contributed by atoms with E-state index in [1.54, 1.807) is 26.4 Å². The molecule has 12 nitrogen and oxygen atoms in total. The lowest BCUT2D eigenvalue weighted by atomic mass is 9.98. The number of hydrogen-bond acceptors (Lipinski definition) is 10. The molecule has 1 saturated heterocycles. The summed E-state index contributed by atoms with van der Waals surface area (Å²) in [5, 5.41) is 40.0. The molecule has 5 atom stereocenters. The van der Waals surface area contributed by atoms with Gasteiger partial charge in [0.1, 0.15) is 47.8 Å². The first-order valence-corrected chi connectivity index (χ1v) is 9.90. The first-order valence-electron chi connectivity index (χ1n) is 9.90. The maximum absolute atomic E-state index is 10.4. The first-order chi connectivity index (χ1) is 15.5. The van der Waals surface area contributed by atoms with Gasteiger partial charge in [-0.1, -0.05) is 0 Å². The zero-order valence-corrected chi connectivity index (χ0v) is 17.5. The smallest absolute Gasteiger partial charge is 0.177 e. The van der Waals surface area contributed by atoms with Crippen LogP contribution in [0.25, 0.3) is 11.2 Å². The van der Waals surface area contributed by atoms with Crippen molar-refractivity contribution in [3.05, 3.63) is 41.9 Å². The van der Waals surface area contributed by atoms with Gasteiger partial charge in [0.15, 0.2) is 17.4 Å². The van der Waals surface area contributed by atoms with Crippen LogP contribution < -0.4 is 15.0 Å². The van der Waals surface area contributed by atoms with Gasteiger partial charge in [-0.05, 0) is 18.2 Å². The second-order valence-electron chi connectivity index (χ2n) is 7.29. The number of imidazole rings is 1. The van der Waals surface area contributed by atoms with Crippen LogP contribution in [-0.2, 0) is 11.3 Å². The van der Waals surface area contributed by atoms with Gasteiger partial charge < -0.3 is 39.6 Å². The number of aromatic nitrogens is 4. The normalized spacial score (nSPS) is 26.4. The zero-order chi connectivity index (χ0) is 22.8. The van der Waals surface area contributed by atoms with Gasteiger partial charge in [-0.3, -0.25) is 9.56 Å². The topological polar surface area (TPSA) is 167 Å². The van der Waals surface area contributed by atoms with E-state index in [0.717, 1.165) is 5.56 Å². The number of aliphatic hydroxyl groups is 4. The second-order valence-corrected chi connectivity index (χ2v) is 7.29. The molecule has 32 heavy (non-hydrogen) atoms. The molecular formula is C20H25N5O7. The third-order valence-electron chi connectivity index (χ3n) is 5.42. The Hall–Kier alpha value is -3.03. The molecule has 1 unspecified atom stereocenters. The predicted molar refractivity (Wildman–Crippen MR) is 110 cm³/mol. The standard InChI is InChI=1S/C20H25N5O7/c1-30-11-3-4-12(31-2)10(5-11)6-21-18-14-19(23-8-22-14)25(9-24-18)20-17(29)16(28)15(27)13(7-26)32-20/h3-5,8-9,13,15-17,20,26-29H,6-7H2,1-2H3,(H,22,23)/t13-,15-,16+,17-,20?/m1/s1. The number of hydrogen-bond donors (Lipinski definition) is 5. The number of fused-ring (bicyclic) bond motifs is 1. The number of nitrogens with one attached hydrogen (secondary N) is 1. The largest absolute Gasteiger partial charge is 0.497 e. The van der Waals surface area contributed by atoms with Gasteiger partial charge in [0, 0.05) is 5.56 Å². The number of aliphatic hydroxyl groups excluding tert-OH is 4. The van der Waals surface area contributed by atoms with E-state index in [9.17, 15) is 20.4 Å². The Bertz CT molecular complexity index is 1140. The summed E-state index contributed by atoms with van der Waals surface area (Å²) in [5.41, 5.74) is 2.00. The SMILES string of the molecule is COc1ccc(OC)c(CN=c2ncn(C3O[C@H](CO)[C@@H](O)[C@H](O)[C@H]3O)c3nc[nH]c23)c1. The van der Waals surface area contributed by atoms with Crippen LogP contribution in [0.5, 0.6) is 11.5 Å². The minimum absolute atomic E-state index is 0.256. The molecule has 0 amide bonds. The van der Waals surface area contributed by atoms with Crippen molar-refractivity contribution in [3.63, 3.8) is 0 Å². The van der Waals surface area contributed by atoms with E-state index in [1.807, 2.05) is 6.07 Å². The average molecular weight is 447 g/mol. The van der Waals surface area contributed by atoms with Gasteiger partial charge >= 0.3 is 0 Å². The van der Waals surface area contributed by atoms with Crippen LogP contribution in [-0.4, -0.2) is 85.2 Å². The second kappa shape index (κ2) is 9.22. The summed E-state index contributed by atoms with van der Waals surface area (Å²) in [6, 6.07) is 5.41. The summed E-state index contributed by atoms with van der Waals surface area (Å²) in [7, 11) is 3.15. The lowest BCUT2D eigenvalue weighted by molar-refractivity contribution is -0.250. The Labute approximate surface area is 182 Å². The molecule has 0 saturated carbocycles. The third kappa shape index (κ3) is 3.94. The van der Waals surface area contributed by atoms with Crippen LogP contribution in [0.1, 0.15) is 11.8 Å². The lowest BCUT2D eigenvalue weighted by Crippen LogP contribution is -2.56. The highest BCUT2D eigenvalue weighted by atomic mass is 16.6. The van der Waals surface area contributed by atoms with E-state index >= 15 is 0 Å². The maximum atomic E-state index is 10.4. The van der Waals surface area contributed by atoms with Crippen molar-refractivity contribution < 1.29 is 34.6 Å². The molecule has 172 valence electrons. The molecule has 3 heterocycles. The molecule has 2 aromatic heterocycles. The van der Waals surface area contributed by atoms with Crippen LogP contribution in [0.4, 0.5) is 0 Å². The Balaban J connectivity index is 1.71. The van der Waals surface area contributed by atoms with E-state index in [1.165, 1.54) is 17.2 Å². The summed E-state index contributed by atoms with van der Waals surface area (Å²) in [6.45, 7) is -0.277. The number of methoxy groups -OCH3 is 2. The number of benzene rings is 1. The monoisotopic (exact) mass is 447 g/mol. The third-order valence-corrected chi connectivity index (χ3v) is 5.42. The van der Waals surface area contributed by atoms with E-state index in [0.29, 0.717) is 28.2 Å². The number of nitrogens with zero attached hydrogens (tertiary/aromatic N) is 4. The molecule has 1 aromatic carbocycles. The van der Waals surface area contributed by atoms with Crippen molar-refractivity contribution in [1.29, 1.82) is 0 Å². The van der Waals surface area contributed by atoms with E-state index < -0.39 is 37.3 Å². The van der Waals surface area contributed by atoms with E-state index in [-0.39, 0.29) is 6.54 Å². The fraction of sp³-hybridized carbons (Fsp3) is 0.450. The van der Waals surface area contributed by atoms with Gasteiger partial charge in [-0.25, -0.2) is 9.97 Å². The fourth-order valence-electron chi connectivity index (χ4n) is 3.67. The molecule has 12 heteroatoms. The molecule has 3 aromatic rings. The number of rotatable bonds is 6. The highest BCUT2D eigenvalue weighted by molar-refractivity contribution is 5.68. The van der Waals surface area contributed by atoms with Crippen molar-refractivity contribution in [2.24, 2.45) is 4.99 Å². The molecule has 1 aliphatic rings. The van der Waals surface area contributed by atoms with Crippen molar-refractivity contribution >= 4 is 11.2 Å². The molecule has 0 spiro atoms. The molecule has 0 radical (unpaired) electrons. The van der Waals surface area contributed by atoms with Gasteiger partial charge in [0.05, 0.1) is 33.7 Å². The zero-order valence-electron chi connectivity index (χ0n) is 17.5. The molecular weight excluding hydrogens is 422 g/mol. The van der Waals surface area contributed by atoms with Gasteiger partial charge in [0.25, 0.3) is 0 Å². The summed E-state index contributed by atoms with van der Waals surface area (Å²) in [5.74, 6) is 1.33. The highest BCUT2D eigenvalue weighted by Crippen LogP contribution is 2.29. The Morgan fingerprint density at radius 2 is 1.94 bits per heavy atom. The van der Waals surface area contributed by atoms with E-state index in [4.69, 9.17) is 14.2 Å². The van der Waals surface area contributed by atoms with Crippen molar-refractivity contribution in [2.45, 2.75) is 37.2 Å². The van der Waals surface area contributed by atoms with Crippen LogP contribution in [0, 0.1) is 0 Å². The highest BCUT2D eigenvalue weighted by Gasteiger charge is 2.44. The molecule has 1 fully saturated rings. The summed E-state index contributed by atoms with van der Waals surface area (Å²) in [4.78, 5) is 16.1. The number of aromatic amines is 1. The van der Waals surface area contributed by atoms with Gasteiger partial charge in [-0.15, -0.1) is 0 Å². The minimum atomic E-state index is -1.52. The van der Waals surface area contributed by atoms with Crippen molar-refractivity contribution in [1.82, 2.24) is 19.5 Å². The van der Waals surface area contributed by atoms with Crippen molar-refractivity contribution in [3.8, 4) is 11.5 Å². The number of ether oxygens (including phenoxy) is 3. The fourth-order valence-corrected chi connectivity index (χ4v) is 3.67. The molecule has 5 N–H and O–H groups in total. The van der Waals surface area contributed by atoms with Crippen LogP contribution in [0.2, 0.25) is 0 Å². The quantitative estimate of drug-likeness (QED) is 0.313. The van der Waals surface area contributed by atoms with Gasteiger partial charge in [-0.2, -0.15) is 0 Å². The summed E-state index contributed by atoms with van der Waals surface area (Å²) in [6.07, 6.45) is -3.81.